The van der Waals surface area contributed by atoms with Crippen molar-refractivity contribution in [2.75, 3.05) is 0 Å². The number of hydrogen-bond donors (Lipinski definition) is 0. The first kappa shape index (κ1) is 14.7. The van der Waals surface area contributed by atoms with Gasteiger partial charge in [-0.1, -0.05) is 39.3 Å². The fourth-order valence-corrected chi connectivity index (χ4v) is 4.27. The Bertz CT molecular complexity index is 398. The lowest BCUT2D eigenvalue weighted by Gasteiger charge is -2.32. The molecular formula is C16H24O2S. The smallest absolute Gasteiger partial charge is 0.331 e. The SMILES string of the molecule is CC1C=CSC([C@H]2OC(=O)C=C(C(C)C)C[C@H]2C)C1. The molecule has 106 valence electrons. The van der Waals surface area contributed by atoms with E-state index in [2.05, 4.69) is 39.2 Å². The van der Waals surface area contributed by atoms with Crippen LogP contribution < -0.4 is 0 Å². The number of ether oxygens (including phenoxy) is 1. The molecule has 0 fully saturated rings. The number of thioether (sulfide) groups is 1. The van der Waals surface area contributed by atoms with Gasteiger partial charge in [0.25, 0.3) is 0 Å². The van der Waals surface area contributed by atoms with Gasteiger partial charge < -0.3 is 4.74 Å². The van der Waals surface area contributed by atoms with Gasteiger partial charge in [-0.05, 0) is 36.0 Å². The minimum absolute atomic E-state index is 0.0393. The second-order valence-electron chi connectivity index (χ2n) is 6.17. The molecule has 0 saturated heterocycles. The van der Waals surface area contributed by atoms with Crippen LogP contribution in [0.25, 0.3) is 0 Å². The largest absolute Gasteiger partial charge is 0.458 e. The van der Waals surface area contributed by atoms with Crippen molar-refractivity contribution in [3.05, 3.63) is 23.1 Å². The number of carbonyl (C=O) groups excluding carboxylic acids is 1. The quantitative estimate of drug-likeness (QED) is 0.710. The lowest BCUT2D eigenvalue weighted by atomic mass is 9.87. The van der Waals surface area contributed by atoms with E-state index in [1.54, 1.807) is 6.08 Å². The van der Waals surface area contributed by atoms with Crippen molar-refractivity contribution in [1.29, 1.82) is 0 Å². The van der Waals surface area contributed by atoms with Gasteiger partial charge >= 0.3 is 5.97 Å². The van der Waals surface area contributed by atoms with E-state index in [0.29, 0.717) is 23.0 Å². The summed E-state index contributed by atoms with van der Waals surface area (Å²) in [6, 6.07) is 0. The molecule has 0 aromatic rings. The van der Waals surface area contributed by atoms with Crippen LogP contribution in [0.1, 0.15) is 40.5 Å². The molecule has 3 heteroatoms. The fraction of sp³-hybridized carbons (Fsp3) is 0.688. The van der Waals surface area contributed by atoms with Gasteiger partial charge in [0.15, 0.2) is 0 Å². The Balaban J connectivity index is 2.11. The summed E-state index contributed by atoms with van der Waals surface area (Å²) in [5, 5.41) is 2.57. The van der Waals surface area contributed by atoms with Gasteiger partial charge in [0.1, 0.15) is 6.10 Å². The summed E-state index contributed by atoms with van der Waals surface area (Å²) < 4.78 is 5.72. The van der Waals surface area contributed by atoms with E-state index in [1.165, 1.54) is 5.57 Å². The summed E-state index contributed by atoms with van der Waals surface area (Å²) in [5.74, 6) is 1.25. The summed E-state index contributed by atoms with van der Waals surface area (Å²) in [5.41, 5.74) is 1.23. The molecule has 2 rings (SSSR count). The molecule has 19 heavy (non-hydrogen) atoms. The van der Waals surface area contributed by atoms with Crippen LogP contribution in [0.3, 0.4) is 0 Å². The molecule has 2 aliphatic rings. The Labute approximate surface area is 120 Å². The molecule has 0 aliphatic carbocycles. The predicted octanol–water partition coefficient (Wildman–Crippen LogP) is 4.18. The topological polar surface area (TPSA) is 26.3 Å². The van der Waals surface area contributed by atoms with E-state index in [0.717, 1.165) is 12.8 Å². The molecular weight excluding hydrogens is 256 g/mol. The highest BCUT2D eigenvalue weighted by Gasteiger charge is 2.34. The molecule has 2 nitrogen and oxygen atoms in total. The summed E-state index contributed by atoms with van der Waals surface area (Å²) in [6.45, 7) is 8.73. The first-order valence-electron chi connectivity index (χ1n) is 7.20. The van der Waals surface area contributed by atoms with Gasteiger partial charge in [-0.15, -0.1) is 11.8 Å². The van der Waals surface area contributed by atoms with E-state index in [9.17, 15) is 4.79 Å². The Kier molecular flexibility index (Phi) is 4.77. The third-order valence-electron chi connectivity index (χ3n) is 4.05. The van der Waals surface area contributed by atoms with Crippen LogP contribution in [0.5, 0.6) is 0 Å². The van der Waals surface area contributed by atoms with E-state index < -0.39 is 0 Å². The fourth-order valence-electron chi connectivity index (χ4n) is 2.82. The zero-order valence-corrected chi connectivity index (χ0v) is 13.1. The van der Waals surface area contributed by atoms with Crippen molar-refractivity contribution in [2.45, 2.75) is 51.9 Å². The molecule has 2 unspecified atom stereocenters. The minimum atomic E-state index is -0.152. The number of esters is 1. The highest BCUT2D eigenvalue weighted by Crippen LogP contribution is 2.37. The van der Waals surface area contributed by atoms with Crippen LogP contribution in [0.15, 0.2) is 23.1 Å². The maximum absolute atomic E-state index is 12.0. The first-order chi connectivity index (χ1) is 8.97. The molecule has 0 aromatic heterocycles. The Hall–Kier alpha value is -0.700. The lowest BCUT2D eigenvalue weighted by Crippen LogP contribution is -2.35. The van der Waals surface area contributed by atoms with Crippen LogP contribution in [0.2, 0.25) is 0 Å². The second-order valence-corrected chi connectivity index (χ2v) is 7.32. The third kappa shape index (κ3) is 3.65. The standard InChI is InChI=1S/C16H24O2S/c1-10(2)13-8-12(4)16(18-15(17)9-13)14-7-11(3)5-6-19-14/h5-6,9-12,14,16H,7-8H2,1-4H3/t11?,12-,14?,16+/m1/s1. The molecule has 0 amide bonds. The Morgan fingerprint density at radius 2 is 2.11 bits per heavy atom. The number of cyclic esters (lactones) is 1. The summed E-state index contributed by atoms with van der Waals surface area (Å²) in [7, 11) is 0. The Morgan fingerprint density at radius 1 is 1.37 bits per heavy atom. The zero-order chi connectivity index (χ0) is 14.0. The summed E-state index contributed by atoms with van der Waals surface area (Å²) >= 11 is 1.82. The molecule has 0 aromatic carbocycles. The third-order valence-corrected chi connectivity index (χ3v) is 5.17. The molecule has 2 heterocycles. The summed E-state index contributed by atoms with van der Waals surface area (Å²) in [6.07, 6.45) is 6.07. The van der Waals surface area contributed by atoms with Crippen molar-refractivity contribution >= 4 is 17.7 Å². The zero-order valence-electron chi connectivity index (χ0n) is 12.3. The van der Waals surface area contributed by atoms with Crippen molar-refractivity contribution < 1.29 is 9.53 Å². The van der Waals surface area contributed by atoms with Crippen LogP contribution in [0.4, 0.5) is 0 Å². The molecule has 4 atom stereocenters. The van der Waals surface area contributed by atoms with Crippen LogP contribution in [-0.4, -0.2) is 17.3 Å². The first-order valence-corrected chi connectivity index (χ1v) is 8.15. The van der Waals surface area contributed by atoms with E-state index in [4.69, 9.17) is 4.74 Å². The molecule has 0 N–H and O–H groups in total. The monoisotopic (exact) mass is 280 g/mol. The van der Waals surface area contributed by atoms with Gasteiger partial charge in [0.2, 0.25) is 0 Å². The van der Waals surface area contributed by atoms with Crippen LogP contribution in [0, 0.1) is 17.8 Å². The second kappa shape index (κ2) is 6.17. The highest BCUT2D eigenvalue weighted by atomic mass is 32.2. The maximum atomic E-state index is 12.0. The molecule has 2 aliphatic heterocycles. The van der Waals surface area contributed by atoms with Crippen LogP contribution >= 0.6 is 11.8 Å². The molecule has 0 radical (unpaired) electrons. The van der Waals surface area contributed by atoms with E-state index in [1.807, 2.05) is 11.8 Å². The lowest BCUT2D eigenvalue weighted by molar-refractivity contribution is -0.144. The summed E-state index contributed by atoms with van der Waals surface area (Å²) in [4.78, 5) is 12.0. The number of rotatable bonds is 2. The van der Waals surface area contributed by atoms with Gasteiger partial charge in [-0.2, -0.15) is 0 Å². The van der Waals surface area contributed by atoms with Crippen molar-refractivity contribution in [3.8, 4) is 0 Å². The average Bonchev–Trinajstić information content (AvgIpc) is 2.49. The molecule has 0 saturated carbocycles. The van der Waals surface area contributed by atoms with Gasteiger partial charge in [0, 0.05) is 11.3 Å². The molecule has 0 bridgehead atoms. The number of allylic oxidation sites excluding steroid dienone is 2. The van der Waals surface area contributed by atoms with Gasteiger partial charge in [0.05, 0.1) is 0 Å². The predicted molar refractivity (Wildman–Crippen MR) is 80.9 cm³/mol. The number of hydrogen-bond acceptors (Lipinski definition) is 3. The molecule has 0 spiro atoms. The van der Waals surface area contributed by atoms with Gasteiger partial charge in [-0.25, -0.2) is 4.79 Å². The van der Waals surface area contributed by atoms with Crippen molar-refractivity contribution in [2.24, 2.45) is 17.8 Å². The van der Waals surface area contributed by atoms with Gasteiger partial charge in [-0.3, -0.25) is 0 Å². The van der Waals surface area contributed by atoms with Crippen molar-refractivity contribution in [3.63, 3.8) is 0 Å². The number of carbonyl (C=O) groups is 1. The average molecular weight is 280 g/mol. The van der Waals surface area contributed by atoms with Crippen LogP contribution in [-0.2, 0) is 9.53 Å². The maximum Gasteiger partial charge on any atom is 0.331 e. The normalized spacial score (nSPS) is 35.8. The van der Waals surface area contributed by atoms with E-state index in [-0.39, 0.29) is 12.1 Å². The van der Waals surface area contributed by atoms with Crippen molar-refractivity contribution in [1.82, 2.24) is 0 Å². The highest BCUT2D eigenvalue weighted by molar-refractivity contribution is 8.02. The Morgan fingerprint density at radius 3 is 2.74 bits per heavy atom. The minimum Gasteiger partial charge on any atom is -0.458 e. The van der Waals surface area contributed by atoms with E-state index >= 15 is 0 Å².